The predicted molar refractivity (Wildman–Crippen MR) is 54.6 cm³/mol. The Morgan fingerprint density at radius 3 is 2.23 bits per heavy atom. The first-order valence-electron chi connectivity index (χ1n) is 5.40. The van der Waals surface area contributed by atoms with Gasteiger partial charge in [0.1, 0.15) is 6.17 Å². The van der Waals surface area contributed by atoms with E-state index in [0.29, 0.717) is 18.5 Å². The van der Waals surface area contributed by atoms with E-state index in [-0.39, 0.29) is 5.92 Å². The van der Waals surface area contributed by atoms with Crippen molar-refractivity contribution in [3.05, 3.63) is 0 Å². The minimum atomic E-state index is -0.615. The topological polar surface area (TPSA) is 3.24 Å². The Morgan fingerprint density at radius 2 is 1.85 bits per heavy atom. The maximum absolute atomic E-state index is 13.7. The van der Waals surface area contributed by atoms with E-state index >= 15 is 0 Å². The molecular formula is C11H22FN. The van der Waals surface area contributed by atoms with E-state index in [2.05, 4.69) is 32.6 Å². The fourth-order valence-electron chi connectivity index (χ4n) is 2.17. The molecule has 0 aromatic carbocycles. The highest BCUT2D eigenvalue weighted by molar-refractivity contribution is 4.83. The molecule has 0 amide bonds. The Morgan fingerprint density at radius 1 is 1.23 bits per heavy atom. The second-order valence-corrected chi connectivity index (χ2v) is 4.80. The summed E-state index contributed by atoms with van der Waals surface area (Å²) in [5, 5.41) is 0. The van der Waals surface area contributed by atoms with Gasteiger partial charge in [0.15, 0.2) is 0 Å². The van der Waals surface area contributed by atoms with Crippen molar-refractivity contribution >= 4 is 0 Å². The van der Waals surface area contributed by atoms with Gasteiger partial charge in [-0.1, -0.05) is 13.8 Å². The molecule has 1 aliphatic heterocycles. The van der Waals surface area contributed by atoms with Gasteiger partial charge in [0, 0.05) is 12.6 Å². The lowest BCUT2D eigenvalue weighted by Gasteiger charge is -2.38. The fourth-order valence-corrected chi connectivity index (χ4v) is 2.17. The number of hydrogen-bond acceptors (Lipinski definition) is 1. The second kappa shape index (κ2) is 4.41. The van der Waals surface area contributed by atoms with Crippen LogP contribution in [0.1, 0.15) is 34.1 Å². The van der Waals surface area contributed by atoms with Crippen molar-refractivity contribution in [1.29, 1.82) is 0 Å². The van der Waals surface area contributed by atoms with E-state index in [4.69, 9.17) is 0 Å². The molecule has 13 heavy (non-hydrogen) atoms. The van der Waals surface area contributed by atoms with Crippen LogP contribution in [0.25, 0.3) is 0 Å². The second-order valence-electron chi connectivity index (χ2n) is 4.80. The summed E-state index contributed by atoms with van der Waals surface area (Å²) in [6.07, 6.45) is 0.410. The molecule has 2 unspecified atom stereocenters. The van der Waals surface area contributed by atoms with Gasteiger partial charge in [0.05, 0.1) is 0 Å². The van der Waals surface area contributed by atoms with E-state index in [1.807, 2.05) is 0 Å². The lowest BCUT2D eigenvalue weighted by atomic mass is 9.85. The normalized spacial score (nSPS) is 31.6. The molecule has 1 heterocycles. The van der Waals surface area contributed by atoms with Crippen molar-refractivity contribution in [1.82, 2.24) is 4.90 Å². The third kappa shape index (κ3) is 2.67. The van der Waals surface area contributed by atoms with Gasteiger partial charge in [-0.2, -0.15) is 0 Å². The Bertz CT molecular complexity index is 156. The Hall–Kier alpha value is -0.110. The van der Waals surface area contributed by atoms with Crippen molar-refractivity contribution in [3.8, 4) is 0 Å². The van der Waals surface area contributed by atoms with Gasteiger partial charge in [-0.15, -0.1) is 0 Å². The molecule has 0 aliphatic carbocycles. The third-order valence-electron chi connectivity index (χ3n) is 3.21. The smallest absolute Gasteiger partial charge is 0.116 e. The molecule has 0 aromatic rings. The number of halogens is 1. The zero-order chi connectivity index (χ0) is 10.0. The van der Waals surface area contributed by atoms with Gasteiger partial charge in [0.25, 0.3) is 0 Å². The van der Waals surface area contributed by atoms with Gasteiger partial charge < -0.3 is 0 Å². The van der Waals surface area contributed by atoms with Crippen molar-refractivity contribution < 1.29 is 4.39 Å². The number of rotatable bonds is 2. The highest BCUT2D eigenvalue weighted by atomic mass is 19.1. The molecule has 2 heteroatoms. The number of nitrogens with zero attached hydrogens (tertiary/aromatic N) is 1. The van der Waals surface area contributed by atoms with Crippen LogP contribution in [-0.4, -0.2) is 30.2 Å². The zero-order valence-electron chi connectivity index (χ0n) is 9.26. The van der Waals surface area contributed by atoms with E-state index in [0.717, 1.165) is 13.0 Å². The van der Waals surface area contributed by atoms with Gasteiger partial charge in [-0.25, -0.2) is 4.39 Å². The van der Waals surface area contributed by atoms with Gasteiger partial charge in [-0.3, -0.25) is 4.90 Å². The number of alkyl halides is 1. The number of piperidine rings is 1. The number of likely N-dealkylation sites (tertiary alicyclic amines) is 1. The quantitative estimate of drug-likeness (QED) is 0.642. The summed E-state index contributed by atoms with van der Waals surface area (Å²) in [6, 6.07) is 0.492. The van der Waals surface area contributed by atoms with Crippen LogP contribution in [-0.2, 0) is 0 Å². The molecule has 0 saturated carbocycles. The molecule has 0 spiro atoms. The number of hydrogen-bond donors (Lipinski definition) is 0. The van der Waals surface area contributed by atoms with Crippen LogP contribution in [0.2, 0.25) is 0 Å². The van der Waals surface area contributed by atoms with E-state index in [1.165, 1.54) is 0 Å². The monoisotopic (exact) mass is 187 g/mol. The summed E-state index contributed by atoms with van der Waals surface area (Å²) < 4.78 is 13.7. The Labute approximate surface area is 81.3 Å². The summed E-state index contributed by atoms with van der Waals surface area (Å²) in [6.45, 7) is 10.2. The fraction of sp³-hybridized carbons (Fsp3) is 1.00. The van der Waals surface area contributed by atoms with Crippen LogP contribution in [0.5, 0.6) is 0 Å². The minimum absolute atomic E-state index is 0.287. The van der Waals surface area contributed by atoms with Crippen LogP contribution in [0.3, 0.4) is 0 Å². The molecular weight excluding hydrogens is 165 g/mol. The predicted octanol–water partition coefficient (Wildman–Crippen LogP) is 2.71. The molecule has 1 nitrogen and oxygen atoms in total. The van der Waals surface area contributed by atoms with E-state index in [9.17, 15) is 4.39 Å². The first-order chi connectivity index (χ1) is 6.02. The molecule has 1 aliphatic rings. The SMILES string of the molecule is CC(C)C1CCN(C(C)C)CC1F. The van der Waals surface area contributed by atoms with E-state index < -0.39 is 6.17 Å². The maximum atomic E-state index is 13.7. The average Bonchev–Trinajstić information content (AvgIpc) is 2.03. The van der Waals surface area contributed by atoms with Crippen molar-refractivity contribution in [2.75, 3.05) is 13.1 Å². The Kier molecular flexibility index (Phi) is 3.72. The highest BCUT2D eigenvalue weighted by Crippen LogP contribution is 2.27. The molecule has 1 rings (SSSR count). The lowest BCUT2D eigenvalue weighted by Crippen LogP contribution is -2.46. The average molecular weight is 187 g/mol. The van der Waals surface area contributed by atoms with Crippen LogP contribution in [0.4, 0.5) is 4.39 Å². The van der Waals surface area contributed by atoms with Gasteiger partial charge in [-0.05, 0) is 38.6 Å². The molecule has 1 saturated heterocycles. The van der Waals surface area contributed by atoms with E-state index in [1.54, 1.807) is 0 Å². The van der Waals surface area contributed by atoms with Crippen LogP contribution in [0, 0.1) is 11.8 Å². The molecule has 2 atom stereocenters. The molecule has 0 N–H and O–H groups in total. The van der Waals surface area contributed by atoms with Crippen LogP contribution >= 0.6 is 0 Å². The molecule has 0 aromatic heterocycles. The first-order valence-corrected chi connectivity index (χ1v) is 5.40. The molecule has 0 radical (unpaired) electrons. The van der Waals surface area contributed by atoms with Crippen molar-refractivity contribution in [3.63, 3.8) is 0 Å². The largest absolute Gasteiger partial charge is 0.298 e. The van der Waals surface area contributed by atoms with Crippen molar-refractivity contribution in [2.24, 2.45) is 11.8 Å². The highest BCUT2D eigenvalue weighted by Gasteiger charge is 2.31. The molecule has 78 valence electrons. The summed E-state index contributed by atoms with van der Waals surface area (Å²) in [7, 11) is 0. The standard InChI is InChI=1S/C11H22FN/c1-8(2)10-5-6-13(9(3)4)7-11(10)12/h8-11H,5-7H2,1-4H3. The zero-order valence-corrected chi connectivity index (χ0v) is 9.26. The first kappa shape index (κ1) is 11.0. The summed E-state index contributed by atoms with van der Waals surface area (Å²) >= 11 is 0. The lowest BCUT2D eigenvalue weighted by molar-refractivity contribution is 0.0452. The third-order valence-corrected chi connectivity index (χ3v) is 3.21. The van der Waals surface area contributed by atoms with Gasteiger partial charge >= 0.3 is 0 Å². The minimum Gasteiger partial charge on any atom is -0.298 e. The van der Waals surface area contributed by atoms with Gasteiger partial charge in [0.2, 0.25) is 0 Å². The summed E-state index contributed by atoms with van der Waals surface area (Å²) in [5.74, 6) is 0.777. The Balaban J connectivity index is 2.46. The summed E-state index contributed by atoms with van der Waals surface area (Å²) in [4.78, 5) is 2.24. The summed E-state index contributed by atoms with van der Waals surface area (Å²) in [5.41, 5.74) is 0. The van der Waals surface area contributed by atoms with Crippen molar-refractivity contribution in [2.45, 2.75) is 46.3 Å². The maximum Gasteiger partial charge on any atom is 0.116 e. The van der Waals surface area contributed by atoms with Crippen LogP contribution < -0.4 is 0 Å². The molecule has 1 fully saturated rings. The molecule has 0 bridgehead atoms. The van der Waals surface area contributed by atoms with Crippen LogP contribution in [0.15, 0.2) is 0 Å².